The van der Waals surface area contributed by atoms with E-state index in [9.17, 15) is 0 Å². The molecule has 3 rings (SSSR count). The maximum absolute atomic E-state index is 6.33. The first-order valence-electron chi connectivity index (χ1n) is 10.4. The number of benzene rings is 1. The zero-order valence-electron chi connectivity index (χ0n) is 17.2. The van der Waals surface area contributed by atoms with Gasteiger partial charge in [-0.25, -0.2) is 0 Å². The number of nitrogens with one attached hydrogen (secondary N) is 2. The van der Waals surface area contributed by atoms with Gasteiger partial charge in [0.2, 0.25) is 0 Å². The van der Waals surface area contributed by atoms with E-state index in [0.717, 1.165) is 81.9 Å². The van der Waals surface area contributed by atoms with Crippen molar-refractivity contribution in [2.45, 2.75) is 19.4 Å². The Morgan fingerprint density at radius 3 is 2.41 bits per heavy atom. The molecule has 0 bridgehead atoms. The summed E-state index contributed by atoms with van der Waals surface area (Å²) in [6, 6.07) is 10.1. The van der Waals surface area contributed by atoms with Crippen molar-refractivity contribution < 1.29 is 0 Å². The summed E-state index contributed by atoms with van der Waals surface area (Å²) in [6.45, 7) is 8.01. The summed E-state index contributed by atoms with van der Waals surface area (Å²) in [5, 5.41) is 11.8. The van der Waals surface area contributed by atoms with Gasteiger partial charge in [0.15, 0.2) is 5.96 Å². The van der Waals surface area contributed by atoms with Gasteiger partial charge in [0.1, 0.15) is 0 Å². The van der Waals surface area contributed by atoms with E-state index in [1.807, 2.05) is 42.3 Å². The minimum absolute atomic E-state index is 0.841. The van der Waals surface area contributed by atoms with Gasteiger partial charge in [-0.05, 0) is 37.6 Å². The van der Waals surface area contributed by atoms with Crippen LogP contribution in [-0.2, 0) is 6.54 Å². The molecule has 0 saturated carbocycles. The van der Waals surface area contributed by atoms with Gasteiger partial charge in [0.25, 0.3) is 0 Å². The molecule has 0 aliphatic carbocycles. The predicted molar refractivity (Wildman–Crippen MR) is 121 cm³/mol. The first-order chi connectivity index (χ1) is 14.3. The van der Waals surface area contributed by atoms with Crippen LogP contribution in [0.5, 0.6) is 0 Å². The number of aliphatic imine (C=N–C) groups is 1. The van der Waals surface area contributed by atoms with Gasteiger partial charge in [-0.15, -0.1) is 0 Å². The van der Waals surface area contributed by atoms with Crippen molar-refractivity contribution in [3.05, 3.63) is 47.7 Å². The zero-order chi connectivity index (χ0) is 20.3. The number of anilines is 1. The third-order valence-electron chi connectivity index (χ3n) is 5.15. The molecule has 158 valence electrons. The number of hydrogen-bond donors (Lipinski definition) is 2. The Kier molecular flexibility index (Phi) is 8.64. The van der Waals surface area contributed by atoms with E-state index in [0.29, 0.717) is 0 Å². The normalized spacial score (nSPS) is 15.5. The van der Waals surface area contributed by atoms with E-state index in [4.69, 9.17) is 11.6 Å². The van der Waals surface area contributed by atoms with Crippen LogP contribution < -0.4 is 15.5 Å². The zero-order valence-corrected chi connectivity index (χ0v) is 18.0. The summed E-state index contributed by atoms with van der Waals surface area (Å²) in [5.41, 5.74) is 1.15. The molecular weight excluding hydrogens is 386 g/mol. The number of aromatic nitrogens is 2. The lowest BCUT2D eigenvalue weighted by Gasteiger charge is -2.36. The minimum Gasteiger partial charge on any atom is -0.368 e. The van der Waals surface area contributed by atoms with Crippen molar-refractivity contribution in [3.8, 4) is 0 Å². The van der Waals surface area contributed by atoms with Crippen molar-refractivity contribution in [1.82, 2.24) is 25.3 Å². The molecule has 1 fully saturated rings. The van der Waals surface area contributed by atoms with E-state index in [1.54, 1.807) is 0 Å². The third-order valence-corrected chi connectivity index (χ3v) is 5.47. The maximum Gasteiger partial charge on any atom is 0.190 e. The fourth-order valence-electron chi connectivity index (χ4n) is 3.53. The molecule has 2 aromatic rings. The van der Waals surface area contributed by atoms with Crippen LogP contribution in [-0.4, -0.2) is 73.5 Å². The van der Waals surface area contributed by atoms with E-state index in [-0.39, 0.29) is 0 Å². The fraction of sp³-hybridized carbons (Fsp3) is 0.524. The number of piperazine rings is 1. The highest BCUT2D eigenvalue weighted by Gasteiger charge is 2.18. The van der Waals surface area contributed by atoms with Crippen molar-refractivity contribution in [2.24, 2.45) is 4.99 Å². The van der Waals surface area contributed by atoms with Crippen LogP contribution in [0.25, 0.3) is 0 Å². The molecule has 8 heteroatoms. The smallest absolute Gasteiger partial charge is 0.190 e. The summed E-state index contributed by atoms with van der Waals surface area (Å²) < 4.78 is 1.95. The van der Waals surface area contributed by atoms with Gasteiger partial charge in [-0.3, -0.25) is 14.6 Å². The third kappa shape index (κ3) is 6.94. The van der Waals surface area contributed by atoms with Gasteiger partial charge >= 0.3 is 0 Å². The second-order valence-corrected chi connectivity index (χ2v) is 7.59. The van der Waals surface area contributed by atoms with Gasteiger partial charge < -0.3 is 15.5 Å². The van der Waals surface area contributed by atoms with E-state index in [2.05, 4.69) is 42.7 Å². The van der Waals surface area contributed by atoms with Crippen LogP contribution in [0.4, 0.5) is 5.69 Å². The molecule has 7 nitrogen and oxygen atoms in total. The van der Waals surface area contributed by atoms with E-state index < -0.39 is 0 Å². The van der Waals surface area contributed by atoms with Gasteiger partial charge in [0.05, 0.1) is 10.7 Å². The lowest BCUT2D eigenvalue weighted by atomic mass is 10.2. The molecule has 0 spiro atoms. The van der Waals surface area contributed by atoms with E-state index >= 15 is 0 Å². The molecule has 2 heterocycles. The summed E-state index contributed by atoms with van der Waals surface area (Å²) in [7, 11) is 1.82. The Hall–Kier alpha value is -2.25. The van der Waals surface area contributed by atoms with E-state index in [1.165, 1.54) is 0 Å². The summed E-state index contributed by atoms with van der Waals surface area (Å²) >= 11 is 6.33. The second kappa shape index (κ2) is 11.7. The number of halogens is 1. The molecule has 1 aromatic carbocycles. The van der Waals surface area contributed by atoms with Gasteiger partial charge in [-0.1, -0.05) is 23.7 Å². The second-order valence-electron chi connectivity index (χ2n) is 7.18. The minimum atomic E-state index is 0.841. The standard InChI is InChI=1S/C21H32ClN7/c1-23-21(25-10-5-13-29-14-6-11-26-29)24-9-4-12-27-15-17-28(18-16-27)20-8-3-2-7-19(20)22/h2-3,6-8,11,14H,4-5,9-10,12-13,15-18H2,1H3,(H2,23,24,25). The molecule has 29 heavy (non-hydrogen) atoms. The number of guanidine groups is 1. The van der Waals surface area contributed by atoms with Crippen molar-refractivity contribution >= 4 is 23.2 Å². The molecule has 0 unspecified atom stereocenters. The van der Waals surface area contributed by atoms with Crippen LogP contribution in [0.15, 0.2) is 47.7 Å². The molecule has 1 aliphatic rings. The molecule has 1 aromatic heterocycles. The number of hydrogen-bond acceptors (Lipinski definition) is 4. The van der Waals surface area contributed by atoms with Gasteiger partial charge in [0, 0.05) is 65.3 Å². The highest BCUT2D eigenvalue weighted by atomic mass is 35.5. The van der Waals surface area contributed by atoms with Crippen LogP contribution in [0.2, 0.25) is 5.02 Å². The number of aryl methyl sites for hydroxylation is 1. The highest BCUT2D eigenvalue weighted by Crippen LogP contribution is 2.25. The Bertz CT molecular complexity index is 739. The molecule has 0 radical (unpaired) electrons. The van der Waals surface area contributed by atoms with Crippen LogP contribution in [0.3, 0.4) is 0 Å². The van der Waals surface area contributed by atoms with Gasteiger partial charge in [-0.2, -0.15) is 5.10 Å². The average Bonchev–Trinajstić information content (AvgIpc) is 3.27. The molecule has 0 atom stereocenters. The van der Waals surface area contributed by atoms with Crippen molar-refractivity contribution in [1.29, 1.82) is 0 Å². The Labute approximate surface area is 178 Å². The molecule has 2 N–H and O–H groups in total. The highest BCUT2D eigenvalue weighted by molar-refractivity contribution is 6.33. The maximum atomic E-state index is 6.33. The molecule has 1 saturated heterocycles. The topological polar surface area (TPSA) is 60.7 Å². The fourth-order valence-corrected chi connectivity index (χ4v) is 3.79. The number of nitrogens with zero attached hydrogens (tertiary/aromatic N) is 5. The quantitative estimate of drug-likeness (QED) is 0.372. The Morgan fingerprint density at radius 1 is 1.03 bits per heavy atom. The predicted octanol–water partition coefficient (Wildman–Crippen LogP) is 2.30. The van der Waals surface area contributed by atoms with Crippen LogP contribution in [0.1, 0.15) is 12.8 Å². The Morgan fingerprint density at radius 2 is 1.76 bits per heavy atom. The largest absolute Gasteiger partial charge is 0.368 e. The summed E-state index contributed by atoms with van der Waals surface area (Å²) in [5.74, 6) is 0.869. The molecular formula is C21H32ClN7. The molecule has 0 amide bonds. The van der Waals surface area contributed by atoms with Crippen molar-refractivity contribution in [2.75, 3.05) is 57.8 Å². The van der Waals surface area contributed by atoms with Crippen LogP contribution in [0, 0.1) is 0 Å². The number of rotatable bonds is 9. The SMILES string of the molecule is CN=C(NCCCN1CCN(c2ccccc2Cl)CC1)NCCCn1cccn1. The lowest BCUT2D eigenvalue weighted by Crippen LogP contribution is -2.47. The first kappa shape index (κ1) is 21.5. The average molecular weight is 418 g/mol. The number of para-hydroxylation sites is 1. The van der Waals surface area contributed by atoms with Crippen LogP contribution >= 0.6 is 11.6 Å². The monoisotopic (exact) mass is 417 g/mol. The molecule has 1 aliphatic heterocycles. The van der Waals surface area contributed by atoms with Crippen molar-refractivity contribution in [3.63, 3.8) is 0 Å². The lowest BCUT2D eigenvalue weighted by molar-refractivity contribution is 0.255. The summed E-state index contributed by atoms with van der Waals surface area (Å²) in [4.78, 5) is 9.20. The first-order valence-corrected chi connectivity index (χ1v) is 10.8. The summed E-state index contributed by atoms with van der Waals surface area (Å²) in [6.07, 6.45) is 5.91. The Balaban J connectivity index is 1.26.